The fourth-order valence-electron chi connectivity index (χ4n) is 1.04. The number of hydrogen-bond donors (Lipinski definition) is 3. The first-order valence-corrected chi connectivity index (χ1v) is 5.44. The van der Waals surface area contributed by atoms with Crippen molar-refractivity contribution in [1.82, 2.24) is 4.98 Å². The molecule has 0 aromatic carbocycles. The number of carboxylic acids is 1. The number of aliphatic hydroxyl groups is 1. The molecule has 88 valence electrons. The maximum absolute atomic E-state index is 10.9. The largest absolute Gasteiger partial charge is 0.478 e. The Labute approximate surface area is 102 Å². The van der Waals surface area contributed by atoms with Gasteiger partial charge in [-0.25, -0.2) is 9.78 Å². The van der Waals surface area contributed by atoms with E-state index < -0.39 is 11.6 Å². The first kappa shape index (κ1) is 12.9. The van der Waals surface area contributed by atoms with Gasteiger partial charge in [0.25, 0.3) is 0 Å². The lowest BCUT2D eigenvalue weighted by molar-refractivity contribution is 0.0695. The van der Waals surface area contributed by atoms with E-state index >= 15 is 0 Å². The number of hydrogen-bond acceptors (Lipinski definition) is 4. The monoisotopic (exact) mass is 288 g/mol. The summed E-state index contributed by atoms with van der Waals surface area (Å²) in [7, 11) is 0. The minimum Gasteiger partial charge on any atom is -0.478 e. The van der Waals surface area contributed by atoms with Crippen LogP contribution in [-0.4, -0.2) is 33.3 Å². The minimum atomic E-state index is -1.06. The summed E-state index contributed by atoms with van der Waals surface area (Å²) in [5.74, 6) is -0.815. The summed E-state index contributed by atoms with van der Waals surface area (Å²) in [5, 5.41) is 21.3. The summed E-state index contributed by atoms with van der Waals surface area (Å²) < 4.78 is 0.596. The number of aromatic nitrogens is 1. The standard InChI is InChI=1S/C10H13BrN2O3/c1-10(2,16)5-13-8-7(9(14)15)3-6(11)4-12-8/h3-4,16H,5H2,1-2H3,(H,12,13)(H,14,15). The van der Waals surface area contributed by atoms with Crippen LogP contribution in [0.15, 0.2) is 16.7 Å². The Morgan fingerprint density at radius 2 is 2.25 bits per heavy atom. The summed E-state index contributed by atoms with van der Waals surface area (Å²) in [5.41, 5.74) is -0.858. The van der Waals surface area contributed by atoms with Crippen LogP contribution in [0.1, 0.15) is 24.2 Å². The van der Waals surface area contributed by atoms with Crippen LogP contribution < -0.4 is 5.32 Å². The fourth-order valence-corrected chi connectivity index (χ4v) is 1.37. The summed E-state index contributed by atoms with van der Waals surface area (Å²) in [6, 6.07) is 1.46. The number of halogens is 1. The van der Waals surface area contributed by atoms with Crippen LogP contribution in [0.2, 0.25) is 0 Å². The van der Waals surface area contributed by atoms with Crippen LogP contribution in [0.3, 0.4) is 0 Å². The molecule has 0 radical (unpaired) electrons. The van der Waals surface area contributed by atoms with E-state index in [-0.39, 0.29) is 17.9 Å². The summed E-state index contributed by atoms with van der Waals surface area (Å²) >= 11 is 3.15. The van der Waals surface area contributed by atoms with Crippen molar-refractivity contribution in [2.75, 3.05) is 11.9 Å². The molecule has 0 amide bonds. The normalized spacial score (nSPS) is 11.2. The molecule has 0 aliphatic rings. The minimum absolute atomic E-state index is 0.0682. The number of pyridine rings is 1. The number of nitrogens with one attached hydrogen (secondary N) is 1. The molecular weight excluding hydrogens is 276 g/mol. The van der Waals surface area contributed by atoms with Gasteiger partial charge in [-0.15, -0.1) is 0 Å². The number of anilines is 1. The average Bonchev–Trinajstić information content (AvgIpc) is 2.14. The van der Waals surface area contributed by atoms with Crippen molar-refractivity contribution in [3.63, 3.8) is 0 Å². The van der Waals surface area contributed by atoms with Crippen LogP contribution in [0.4, 0.5) is 5.82 Å². The number of nitrogens with zero attached hydrogens (tertiary/aromatic N) is 1. The Morgan fingerprint density at radius 1 is 1.62 bits per heavy atom. The van der Waals surface area contributed by atoms with Gasteiger partial charge in [-0.1, -0.05) is 0 Å². The molecule has 0 saturated heterocycles. The van der Waals surface area contributed by atoms with Gasteiger partial charge in [0.15, 0.2) is 0 Å². The highest BCUT2D eigenvalue weighted by Gasteiger charge is 2.16. The lowest BCUT2D eigenvalue weighted by Crippen LogP contribution is -2.30. The molecule has 0 spiro atoms. The molecule has 16 heavy (non-hydrogen) atoms. The zero-order valence-corrected chi connectivity index (χ0v) is 10.6. The molecular formula is C10H13BrN2O3. The van der Waals surface area contributed by atoms with Crippen molar-refractivity contribution in [3.05, 3.63) is 22.3 Å². The van der Waals surface area contributed by atoms with E-state index in [1.54, 1.807) is 13.8 Å². The van der Waals surface area contributed by atoms with Crippen molar-refractivity contribution < 1.29 is 15.0 Å². The molecule has 0 saturated carbocycles. The second-order valence-electron chi connectivity index (χ2n) is 4.02. The van der Waals surface area contributed by atoms with Crippen molar-refractivity contribution in [3.8, 4) is 0 Å². The van der Waals surface area contributed by atoms with Gasteiger partial charge in [-0.05, 0) is 35.8 Å². The van der Waals surface area contributed by atoms with E-state index in [0.717, 1.165) is 0 Å². The maximum atomic E-state index is 10.9. The Morgan fingerprint density at radius 3 is 2.75 bits per heavy atom. The summed E-state index contributed by atoms with van der Waals surface area (Å²) in [6.07, 6.45) is 1.50. The second-order valence-corrected chi connectivity index (χ2v) is 4.94. The van der Waals surface area contributed by atoms with E-state index in [1.165, 1.54) is 12.3 Å². The molecule has 0 unspecified atom stereocenters. The Balaban J connectivity index is 2.91. The smallest absolute Gasteiger partial charge is 0.339 e. The van der Waals surface area contributed by atoms with Crippen molar-refractivity contribution in [1.29, 1.82) is 0 Å². The Kier molecular flexibility index (Phi) is 3.88. The van der Waals surface area contributed by atoms with Gasteiger partial charge in [0.05, 0.1) is 5.60 Å². The zero-order valence-electron chi connectivity index (χ0n) is 8.99. The third-order valence-electron chi connectivity index (χ3n) is 1.77. The summed E-state index contributed by atoms with van der Waals surface area (Å²) in [4.78, 5) is 14.9. The van der Waals surface area contributed by atoms with Crippen LogP contribution >= 0.6 is 15.9 Å². The van der Waals surface area contributed by atoms with Gasteiger partial charge in [0.1, 0.15) is 11.4 Å². The van der Waals surface area contributed by atoms with E-state index in [4.69, 9.17) is 5.11 Å². The molecule has 1 rings (SSSR count). The molecule has 5 nitrogen and oxygen atoms in total. The van der Waals surface area contributed by atoms with E-state index in [1.807, 2.05) is 0 Å². The quantitative estimate of drug-likeness (QED) is 0.786. The van der Waals surface area contributed by atoms with Gasteiger partial charge < -0.3 is 15.5 Å². The molecule has 1 heterocycles. The number of rotatable bonds is 4. The Hall–Kier alpha value is -1.14. The molecule has 0 bridgehead atoms. The third kappa shape index (κ3) is 3.79. The highest BCUT2D eigenvalue weighted by Crippen LogP contribution is 2.18. The average molecular weight is 289 g/mol. The molecule has 1 aromatic rings. The number of carboxylic acid groups (broad SMARTS) is 1. The van der Waals surface area contributed by atoms with Gasteiger partial charge >= 0.3 is 5.97 Å². The van der Waals surface area contributed by atoms with E-state index in [9.17, 15) is 9.90 Å². The van der Waals surface area contributed by atoms with Gasteiger partial charge in [-0.2, -0.15) is 0 Å². The van der Waals surface area contributed by atoms with Crippen LogP contribution in [0.5, 0.6) is 0 Å². The SMILES string of the molecule is CC(C)(O)CNc1ncc(Br)cc1C(=O)O. The lowest BCUT2D eigenvalue weighted by atomic mass is 10.1. The number of carbonyl (C=O) groups is 1. The van der Waals surface area contributed by atoms with E-state index in [0.29, 0.717) is 4.47 Å². The molecule has 3 N–H and O–H groups in total. The molecule has 1 aromatic heterocycles. The molecule has 0 aliphatic carbocycles. The van der Waals surface area contributed by atoms with Crippen LogP contribution in [-0.2, 0) is 0 Å². The van der Waals surface area contributed by atoms with Gasteiger partial charge in [-0.3, -0.25) is 0 Å². The first-order chi connectivity index (χ1) is 7.29. The van der Waals surface area contributed by atoms with Crippen molar-refractivity contribution >= 4 is 27.7 Å². The molecule has 0 atom stereocenters. The fraction of sp³-hybridized carbons (Fsp3) is 0.400. The molecule has 0 fully saturated rings. The highest BCUT2D eigenvalue weighted by atomic mass is 79.9. The summed E-state index contributed by atoms with van der Waals surface area (Å²) in [6.45, 7) is 3.47. The zero-order chi connectivity index (χ0) is 12.3. The molecule has 0 aliphatic heterocycles. The Bertz CT molecular complexity index is 402. The second kappa shape index (κ2) is 4.80. The van der Waals surface area contributed by atoms with Crippen LogP contribution in [0.25, 0.3) is 0 Å². The van der Waals surface area contributed by atoms with Crippen molar-refractivity contribution in [2.24, 2.45) is 0 Å². The lowest BCUT2D eigenvalue weighted by Gasteiger charge is -2.18. The molecule has 6 heteroatoms. The predicted octanol–water partition coefficient (Wildman–Crippen LogP) is 1.73. The first-order valence-electron chi connectivity index (χ1n) is 4.65. The van der Waals surface area contributed by atoms with E-state index in [2.05, 4.69) is 26.2 Å². The van der Waals surface area contributed by atoms with Crippen molar-refractivity contribution in [2.45, 2.75) is 19.4 Å². The highest BCUT2D eigenvalue weighted by molar-refractivity contribution is 9.10. The third-order valence-corrected chi connectivity index (χ3v) is 2.21. The number of aromatic carboxylic acids is 1. The maximum Gasteiger partial charge on any atom is 0.339 e. The van der Waals surface area contributed by atoms with Gasteiger partial charge in [0.2, 0.25) is 0 Å². The predicted molar refractivity (Wildman–Crippen MR) is 63.7 cm³/mol. The topological polar surface area (TPSA) is 82.5 Å². The van der Waals surface area contributed by atoms with Crippen LogP contribution in [0, 0.1) is 0 Å². The van der Waals surface area contributed by atoms with Gasteiger partial charge in [0, 0.05) is 17.2 Å².